The van der Waals surface area contributed by atoms with Crippen LogP contribution in [0.25, 0.3) is 0 Å². The van der Waals surface area contributed by atoms with Gasteiger partial charge in [-0.1, -0.05) is 301 Å². The van der Waals surface area contributed by atoms with Crippen molar-refractivity contribution in [2.45, 2.75) is 309 Å². The Morgan fingerprint density at radius 1 is 0.253 bits per heavy atom. The average Bonchev–Trinajstić information content (AvgIpc) is 3.49. The molecule has 0 aromatic heterocycles. The molecule has 0 saturated carbocycles. The summed E-state index contributed by atoms with van der Waals surface area (Å²) in [6.07, 6.45) is 100. The summed E-state index contributed by atoms with van der Waals surface area (Å²) in [5.74, 6) is -0.945. The number of carbonyl (C=O) groups excluding carboxylic acids is 3. The minimum Gasteiger partial charge on any atom is -0.462 e. The van der Waals surface area contributed by atoms with E-state index in [2.05, 4.69) is 167 Å². The molecule has 0 aliphatic heterocycles. The van der Waals surface area contributed by atoms with Gasteiger partial charge in [0.1, 0.15) is 13.2 Å². The average molecular weight is 1150 g/mol. The van der Waals surface area contributed by atoms with Gasteiger partial charge >= 0.3 is 17.9 Å². The van der Waals surface area contributed by atoms with E-state index in [1.807, 2.05) is 0 Å². The van der Waals surface area contributed by atoms with Crippen LogP contribution in [0.5, 0.6) is 0 Å². The predicted molar refractivity (Wildman–Crippen MR) is 362 cm³/mol. The molecule has 0 rings (SSSR count). The van der Waals surface area contributed by atoms with Gasteiger partial charge in [0.15, 0.2) is 6.10 Å². The summed E-state index contributed by atoms with van der Waals surface area (Å²) in [6.45, 7) is 6.48. The van der Waals surface area contributed by atoms with Crippen LogP contribution in [0.4, 0.5) is 0 Å². The van der Waals surface area contributed by atoms with E-state index in [0.29, 0.717) is 25.7 Å². The Bertz CT molecular complexity index is 1800. The van der Waals surface area contributed by atoms with Crippen molar-refractivity contribution in [1.82, 2.24) is 0 Å². The van der Waals surface area contributed by atoms with Gasteiger partial charge in [0.2, 0.25) is 0 Å². The minimum atomic E-state index is -0.805. The highest BCUT2D eigenvalue weighted by Gasteiger charge is 2.19. The molecular weight excluding hydrogens is 1020 g/mol. The number of carbonyl (C=O) groups is 3. The Morgan fingerprint density at radius 3 is 0.771 bits per heavy atom. The quantitative estimate of drug-likeness (QED) is 0.0261. The molecule has 470 valence electrons. The molecule has 6 nitrogen and oxygen atoms in total. The maximum atomic E-state index is 12.9. The zero-order chi connectivity index (χ0) is 59.9. The first-order chi connectivity index (χ1) is 41.0. The molecule has 0 bridgehead atoms. The molecule has 0 saturated heterocycles. The van der Waals surface area contributed by atoms with Gasteiger partial charge in [-0.25, -0.2) is 0 Å². The van der Waals surface area contributed by atoms with Crippen LogP contribution in [0, 0.1) is 0 Å². The Balaban J connectivity index is 4.41. The van der Waals surface area contributed by atoms with Crippen molar-refractivity contribution in [1.29, 1.82) is 0 Å². The zero-order valence-electron chi connectivity index (χ0n) is 53.9. The van der Waals surface area contributed by atoms with Gasteiger partial charge in [-0.05, 0) is 128 Å². The van der Waals surface area contributed by atoms with E-state index in [-0.39, 0.29) is 31.1 Å². The summed E-state index contributed by atoms with van der Waals surface area (Å²) >= 11 is 0. The number of allylic oxidation sites excluding steroid dienone is 24. The lowest BCUT2D eigenvalue weighted by molar-refractivity contribution is -0.167. The second-order valence-corrected chi connectivity index (χ2v) is 22.4. The van der Waals surface area contributed by atoms with Crippen molar-refractivity contribution in [3.05, 3.63) is 146 Å². The zero-order valence-corrected chi connectivity index (χ0v) is 53.9. The first kappa shape index (κ1) is 78.3. The van der Waals surface area contributed by atoms with E-state index >= 15 is 0 Å². The van der Waals surface area contributed by atoms with Crippen molar-refractivity contribution in [3.8, 4) is 0 Å². The molecule has 0 aromatic carbocycles. The molecule has 0 spiro atoms. The number of rotatable bonds is 61. The second kappa shape index (κ2) is 69.8. The Labute approximate surface area is 512 Å². The molecule has 0 radical (unpaired) electrons. The van der Waals surface area contributed by atoms with Gasteiger partial charge in [-0.2, -0.15) is 0 Å². The summed E-state index contributed by atoms with van der Waals surface area (Å²) in [5.41, 5.74) is 0. The molecule has 0 N–H and O–H groups in total. The smallest absolute Gasteiger partial charge is 0.306 e. The molecule has 0 fully saturated rings. The minimum absolute atomic E-state index is 0.0966. The van der Waals surface area contributed by atoms with Crippen LogP contribution in [-0.2, 0) is 28.6 Å². The largest absolute Gasteiger partial charge is 0.462 e. The van der Waals surface area contributed by atoms with E-state index in [0.717, 1.165) is 128 Å². The van der Waals surface area contributed by atoms with E-state index in [9.17, 15) is 14.4 Å². The van der Waals surface area contributed by atoms with Crippen molar-refractivity contribution in [2.24, 2.45) is 0 Å². The highest BCUT2D eigenvalue weighted by atomic mass is 16.6. The summed E-state index contributed by atoms with van der Waals surface area (Å²) in [5, 5.41) is 0. The van der Waals surface area contributed by atoms with Crippen LogP contribution in [-0.4, -0.2) is 37.2 Å². The van der Waals surface area contributed by atoms with Crippen molar-refractivity contribution < 1.29 is 28.6 Å². The monoisotopic (exact) mass is 1150 g/mol. The third-order valence-corrected chi connectivity index (χ3v) is 14.3. The van der Waals surface area contributed by atoms with Crippen LogP contribution in [0.15, 0.2) is 146 Å². The van der Waals surface area contributed by atoms with Gasteiger partial charge in [0, 0.05) is 19.3 Å². The number of esters is 3. The maximum absolute atomic E-state index is 12.9. The fourth-order valence-corrected chi connectivity index (χ4v) is 9.21. The summed E-state index contributed by atoms with van der Waals surface area (Å²) in [6, 6.07) is 0. The van der Waals surface area contributed by atoms with E-state index < -0.39 is 6.10 Å². The Hall–Kier alpha value is -4.71. The lowest BCUT2D eigenvalue weighted by Crippen LogP contribution is -2.30. The normalized spacial score (nSPS) is 13.0. The first-order valence-corrected chi connectivity index (χ1v) is 34.3. The third-order valence-electron chi connectivity index (χ3n) is 14.3. The van der Waals surface area contributed by atoms with Crippen LogP contribution >= 0.6 is 0 Å². The molecule has 0 heterocycles. The molecule has 6 heteroatoms. The Morgan fingerprint density at radius 2 is 0.470 bits per heavy atom. The summed E-state index contributed by atoms with van der Waals surface area (Å²) < 4.78 is 16.9. The van der Waals surface area contributed by atoms with Crippen LogP contribution in [0.2, 0.25) is 0 Å². The molecule has 83 heavy (non-hydrogen) atoms. The molecule has 0 aliphatic carbocycles. The van der Waals surface area contributed by atoms with E-state index in [1.54, 1.807) is 0 Å². The first-order valence-electron chi connectivity index (χ1n) is 34.3. The number of unbranched alkanes of at least 4 members (excludes halogenated alkanes) is 26. The summed E-state index contributed by atoms with van der Waals surface area (Å²) in [7, 11) is 0. The number of hydrogen-bond donors (Lipinski definition) is 0. The standard InChI is InChI=1S/C77H126O6/c1-4-7-10-13-16-19-22-25-28-30-32-33-34-35-36-37-38-39-40-41-42-43-44-45-46-48-49-52-55-58-61-64-67-70-76(79)82-73-74(72-81-75(78)69-66-63-60-57-54-51-27-24-21-18-15-12-9-6-3)83-77(80)71-68-65-62-59-56-53-50-47-31-29-26-23-20-17-14-11-8-5-2/h7,10,16,19-20,23,25,28-29,31-33,35-36,38-39,41-42,44-45,48-49,55,58,74H,4-6,8-9,11-15,17-18,21-22,24,26-27,30,34,37,40,43,46-47,50-54,56-57,59-73H2,1-3H3/b10-7-,19-16-,23-20-,28-25-,31-29-,33-32-,36-35-,39-38-,42-41-,45-44-,49-48-,58-55-. The van der Waals surface area contributed by atoms with Gasteiger partial charge in [0.25, 0.3) is 0 Å². The second-order valence-electron chi connectivity index (χ2n) is 22.4. The van der Waals surface area contributed by atoms with Crippen molar-refractivity contribution in [3.63, 3.8) is 0 Å². The molecule has 0 aromatic rings. The fraction of sp³-hybridized carbons (Fsp3) is 0.649. The SMILES string of the molecule is CC/C=C\C/C=C\C/C=C\C/C=C\C/C=C\C/C=C\C/C=C\C/C=C\C/C=C\C/C=C\CCCCC(=O)OCC(COC(=O)CCCCCCCCCCCCCCCC)OC(=O)CCCCCCCCC/C=C\C/C=C\CCCCCC. The Kier molecular flexibility index (Phi) is 65.8. The third kappa shape index (κ3) is 68.0. The lowest BCUT2D eigenvalue weighted by atomic mass is 10.0. The van der Waals surface area contributed by atoms with Gasteiger partial charge < -0.3 is 14.2 Å². The topological polar surface area (TPSA) is 78.9 Å². The fourth-order valence-electron chi connectivity index (χ4n) is 9.21. The van der Waals surface area contributed by atoms with Crippen molar-refractivity contribution >= 4 is 17.9 Å². The highest BCUT2D eigenvalue weighted by molar-refractivity contribution is 5.71. The molecule has 0 aliphatic rings. The maximum Gasteiger partial charge on any atom is 0.306 e. The van der Waals surface area contributed by atoms with Gasteiger partial charge in [0.05, 0.1) is 0 Å². The molecule has 1 unspecified atom stereocenters. The molecule has 0 amide bonds. The van der Waals surface area contributed by atoms with Crippen LogP contribution in [0.1, 0.15) is 303 Å². The van der Waals surface area contributed by atoms with Gasteiger partial charge in [-0.3, -0.25) is 14.4 Å². The number of hydrogen-bond acceptors (Lipinski definition) is 6. The lowest BCUT2D eigenvalue weighted by Gasteiger charge is -2.18. The predicted octanol–water partition coefficient (Wildman–Crippen LogP) is 23.9. The van der Waals surface area contributed by atoms with E-state index in [1.165, 1.54) is 128 Å². The van der Waals surface area contributed by atoms with Gasteiger partial charge in [-0.15, -0.1) is 0 Å². The van der Waals surface area contributed by atoms with Crippen molar-refractivity contribution in [2.75, 3.05) is 13.2 Å². The van der Waals surface area contributed by atoms with Crippen LogP contribution in [0.3, 0.4) is 0 Å². The van der Waals surface area contributed by atoms with Crippen LogP contribution < -0.4 is 0 Å². The highest BCUT2D eigenvalue weighted by Crippen LogP contribution is 2.16. The van der Waals surface area contributed by atoms with E-state index in [4.69, 9.17) is 14.2 Å². The summed E-state index contributed by atoms with van der Waals surface area (Å²) in [4.78, 5) is 38.4. The molecular formula is C77H126O6. The molecule has 1 atom stereocenters. The number of ether oxygens (including phenoxy) is 3.